The van der Waals surface area contributed by atoms with Gasteiger partial charge in [-0.1, -0.05) is 111 Å². The van der Waals surface area contributed by atoms with E-state index in [1.807, 2.05) is 6.07 Å². The lowest BCUT2D eigenvalue weighted by molar-refractivity contribution is -0.183. The van der Waals surface area contributed by atoms with Gasteiger partial charge < -0.3 is 19.5 Å². The molecule has 1 aliphatic rings. The third-order valence-corrected chi connectivity index (χ3v) is 12.7. The number of anilines is 2. The van der Waals surface area contributed by atoms with E-state index in [1.54, 1.807) is 24.3 Å². The zero-order chi connectivity index (χ0) is 42.6. The van der Waals surface area contributed by atoms with Gasteiger partial charge in [0.05, 0.1) is 6.61 Å². The van der Waals surface area contributed by atoms with Gasteiger partial charge in [0, 0.05) is 43.1 Å². The fourth-order valence-electron chi connectivity index (χ4n) is 6.60. The van der Waals surface area contributed by atoms with E-state index in [1.165, 1.54) is 62.7 Å². The van der Waals surface area contributed by atoms with E-state index in [-0.39, 0.29) is 46.7 Å². The minimum Gasteiger partial charge on any atom is -0.493 e. The highest BCUT2D eigenvalue weighted by molar-refractivity contribution is 7.91. The number of benzene rings is 3. The summed E-state index contributed by atoms with van der Waals surface area (Å²) in [6.07, 6.45) is 1.98. The average molecular weight is 807 g/mol. The Labute approximate surface area is 337 Å². The summed E-state index contributed by atoms with van der Waals surface area (Å²) in [5, 5.41) is -0.557. The van der Waals surface area contributed by atoms with Crippen LogP contribution in [0.25, 0.3) is 0 Å². The van der Waals surface area contributed by atoms with E-state index in [9.17, 15) is 27.6 Å². The van der Waals surface area contributed by atoms with Crippen LogP contribution in [0.5, 0.6) is 5.75 Å². The number of imide groups is 1. The smallest absolute Gasteiger partial charge is 0.349 e. The third kappa shape index (κ3) is 8.36. The summed E-state index contributed by atoms with van der Waals surface area (Å²) < 4.78 is 49.1. The molecule has 4 amide bonds. The maximum absolute atomic E-state index is 14.9. The summed E-state index contributed by atoms with van der Waals surface area (Å²) in [6.45, 7) is 17.3. The van der Waals surface area contributed by atoms with Crippen LogP contribution in [0.15, 0.2) is 78.9 Å². The number of para-hydroxylation sites is 2. The topological polar surface area (TPSA) is 161 Å². The van der Waals surface area contributed by atoms with Crippen LogP contribution in [0.2, 0.25) is 0 Å². The molecule has 0 spiro atoms. The van der Waals surface area contributed by atoms with Crippen molar-refractivity contribution in [1.29, 1.82) is 0 Å². The molecule has 1 aliphatic heterocycles. The van der Waals surface area contributed by atoms with E-state index in [4.69, 9.17) is 14.2 Å². The highest BCUT2D eigenvalue weighted by Crippen LogP contribution is 2.44. The van der Waals surface area contributed by atoms with E-state index in [2.05, 4.69) is 63.7 Å². The van der Waals surface area contributed by atoms with Gasteiger partial charge in [-0.15, -0.1) is 0 Å². The highest BCUT2D eigenvalue weighted by atomic mass is 32.2. The van der Waals surface area contributed by atoms with Crippen LogP contribution in [0.1, 0.15) is 92.7 Å². The monoisotopic (exact) mass is 806 g/mol. The molecule has 310 valence electrons. The average Bonchev–Trinajstić information content (AvgIpc) is 3.42. The summed E-state index contributed by atoms with van der Waals surface area (Å²) in [5.74, 6) is -3.04. The SMILES string of the molecule is CCC(C)(C)c1ccc(OCCCNS(=O)(=O)C2(OC)C(=O)N(C(OC)(C(=O)Nc3ccccc3)C(=O)C(C)(C)C)C(=O)N2c2ccccc2)c(C(C)(C)CC)c1. The predicted molar refractivity (Wildman–Crippen MR) is 220 cm³/mol. The summed E-state index contributed by atoms with van der Waals surface area (Å²) in [7, 11) is -3.07. The highest BCUT2D eigenvalue weighted by Gasteiger charge is 2.74. The largest absolute Gasteiger partial charge is 0.493 e. The minimum atomic E-state index is -5.02. The number of amides is 4. The van der Waals surface area contributed by atoms with Crippen molar-refractivity contribution in [1.82, 2.24) is 9.62 Å². The van der Waals surface area contributed by atoms with Gasteiger partial charge in [0.15, 0.2) is 0 Å². The molecule has 3 aromatic carbocycles. The molecular weight excluding hydrogens is 749 g/mol. The van der Waals surface area contributed by atoms with Crippen molar-refractivity contribution in [2.75, 3.05) is 37.6 Å². The van der Waals surface area contributed by atoms with Crippen LogP contribution >= 0.6 is 0 Å². The van der Waals surface area contributed by atoms with Gasteiger partial charge in [-0.2, -0.15) is 0 Å². The molecule has 13 nitrogen and oxygen atoms in total. The number of nitrogens with one attached hydrogen (secondary N) is 2. The number of hydrogen-bond acceptors (Lipinski definition) is 9. The number of carbonyl (C=O) groups excluding carboxylic acids is 4. The Morgan fingerprint density at radius 2 is 1.39 bits per heavy atom. The number of ether oxygens (including phenoxy) is 3. The van der Waals surface area contributed by atoms with Crippen LogP contribution in [0.4, 0.5) is 16.2 Å². The fourth-order valence-corrected chi connectivity index (χ4v) is 8.17. The second kappa shape index (κ2) is 17.1. The molecule has 2 N–H and O–H groups in total. The van der Waals surface area contributed by atoms with E-state index in [0.29, 0.717) is 10.6 Å². The molecule has 57 heavy (non-hydrogen) atoms. The number of nitrogens with zero attached hydrogens (tertiary/aromatic N) is 2. The number of urea groups is 1. The standard InChI is InChI=1S/C43H58N4O9S/c1-12-40(6,7)30-25-26-34(33(29-30)41(8,9)13-2)56-28-20-27-44-57(52,53)43(55-11)37(50)47(38(51)46(43)32-23-18-15-19-24-32)42(54-10,35(48)39(3,4)5)36(49)45-31-21-16-14-17-22-31/h14-19,21-26,29,44H,12-13,20,27-28H2,1-11H3,(H,45,49). The second-order valence-corrected chi connectivity index (χ2v) is 18.3. The molecule has 0 radical (unpaired) electrons. The first-order valence-corrected chi connectivity index (χ1v) is 20.6. The van der Waals surface area contributed by atoms with E-state index in [0.717, 1.165) is 32.6 Å². The predicted octanol–water partition coefficient (Wildman–Crippen LogP) is 7.12. The molecule has 0 saturated carbocycles. The first kappa shape index (κ1) is 45.1. The first-order chi connectivity index (χ1) is 26.6. The van der Waals surface area contributed by atoms with Gasteiger partial charge in [0.25, 0.3) is 21.7 Å². The maximum Gasteiger partial charge on any atom is 0.349 e. The van der Waals surface area contributed by atoms with Crippen molar-refractivity contribution in [2.24, 2.45) is 5.41 Å². The van der Waals surface area contributed by atoms with Crippen LogP contribution in [0.3, 0.4) is 0 Å². The lowest BCUT2D eigenvalue weighted by Crippen LogP contribution is -2.69. The number of carbonyl (C=O) groups is 4. The molecule has 0 bridgehead atoms. The summed E-state index contributed by atoms with van der Waals surface area (Å²) in [4.78, 5) is 59.3. The molecule has 0 aliphatic carbocycles. The van der Waals surface area contributed by atoms with E-state index >= 15 is 0 Å². The van der Waals surface area contributed by atoms with E-state index < -0.39 is 49.8 Å². The fraction of sp³-hybridized carbons (Fsp3) is 0.488. The van der Waals surface area contributed by atoms with Gasteiger partial charge in [-0.3, -0.25) is 14.4 Å². The third-order valence-electron chi connectivity index (χ3n) is 10.9. The normalized spacial score (nSPS) is 17.7. The van der Waals surface area contributed by atoms with Gasteiger partial charge in [-0.05, 0) is 66.0 Å². The Morgan fingerprint density at radius 1 is 0.807 bits per heavy atom. The Morgan fingerprint density at radius 3 is 1.91 bits per heavy atom. The van der Waals surface area contributed by atoms with Gasteiger partial charge in [0.1, 0.15) is 5.75 Å². The molecule has 14 heteroatoms. The Kier molecular flexibility index (Phi) is 13.5. The number of hydrogen-bond donors (Lipinski definition) is 2. The second-order valence-electron chi connectivity index (χ2n) is 16.4. The van der Waals surface area contributed by atoms with Crippen molar-refractivity contribution in [3.63, 3.8) is 0 Å². The molecular formula is C43H58N4O9S. The van der Waals surface area contributed by atoms with Crippen molar-refractivity contribution in [3.8, 4) is 5.75 Å². The zero-order valence-corrected chi connectivity index (χ0v) is 35.8. The molecule has 1 saturated heterocycles. The maximum atomic E-state index is 14.9. The van der Waals surface area contributed by atoms with Crippen molar-refractivity contribution in [2.45, 2.75) is 103 Å². The van der Waals surface area contributed by atoms with Crippen LogP contribution in [-0.2, 0) is 44.7 Å². The number of sulfonamides is 1. The van der Waals surface area contributed by atoms with Crippen molar-refractivity contribution >= 4 is 45.0 Å². The number of rotatable bonds is 18. The Balaban J connectivity index is 1.73. The Bertz CT molecular complexity index is 2050. The number of methoxy groups -OCH3 is 2. The molecule has 2 unspecified atom stereocenters. The molecule has 1 fully saturated rings. The lowest BCUT2D eigenvalue weighted by Gasteiger charge is -2.39. The molecule has 0 aromatic heterocycles. The molecule has 1 heterocycles. The first-order valence-electron chi connectivity index (χ1n) is 19.2. The summed E-state index contributed by atoms with van der Waals surface area (Å²) in [5.41, 5.74) is -2.22. The number of Topliss-reactive ketones (excluding diaryl/α,β-unsaturated/α-hetero) is 1. The van der Waals surface area contributed by atoms with Crippen molar-refractivity contribution < 1.29 is 41.8 Å². The van der Waals surface area contributed by atoms with Gasteiger partial charge >= 0.3 is 17.0 Å². The van der Waals surface area contributed by atoms with Gasteiger partial charge in [-0.25, -0.2) is 27.7 Å². The van der Waals surface area contributed by atoms with Gasteiger partial charge in [0.2, 0.25) is 5.78 Å². The minimum absolute atomic E-state index is 0.0381. The van der Waals surface area contributed by atoms with Crippen LogP contribution in [-0.4, -0.2) is 75.1 Å². The molecule has 4 rings (SSSR count). The summed E-state index contributed by atoms with van der Waals surface area (Å²) in [6, 6.07) is 20.4. The van der Waals surface area contributed by atoms with Crippen LogP contribution < -0.4 is 19.7 Å². The quantitative estimate of drug-likeness (QED) is 0.0776. The van der Waals surface area contributed by atoms with Crippen molar-refractivity contribution in [3.05, 3.63) is 90.0 Å². The Hall–Kier alpha value is -4.63. The molecule has 2 atom stereocenters. The zero-order valence-electron chi connectivity index (χ0n) is 35.0. The van der Waals surface area contributed by atoms with Crippen LogP contribution in [0, 0.1) is 5.41 Å². The number of ketones is 1. The lowest BCUT2D eigenvalue weighted by atomic mass is 9.76. The summed E-state index contributed by atoms with van der Waals surface area (Å²) >= 11 is 0. The molecule has 3 aromatic rings.